The number of sulfone groups is 1. The Morgan fingerprint density at radius 2 is 2.10 bits per heavy atom. The van der Waals surface area contributed by atoms with Gasteiger partial charge in [-0.1, -0.05) is 17.7 Å². The standard InChI is InChI=1S/C14H21ClN2O2S/c1-17(7-8-20(2,18)19)13-6-3-11(14(15)9-13)10-16-12-4-5-12/h3,6,9,12,16H,4-5,7-8,10H2,1-2H3. The molecule has 0 atom stereocenters. The summed E-state index contributed by atoms with van der Waals surface area (Å²) in [5, 5.41) is 4.15. The lowest BCUT2D eigenvalue weighted by molar-refractivity contribution is 0.601. The molecule has 1 aliphatic carbocycles. The zero-order valence-corrected chi connectivity index (χ0v) is 13.5. The first kappa shape index (κ1) is 15.6. The van der Waals surface area contributed by atoms with Crippen molar-refractivity contribution in [3.8, 4) is 0 Å². The van der Waals surface area contributed by atoms with Crippen LogP contribution < -0.4 is 10.2 Å². The van der Waals surface area contributed by atoms with Crippen LogP contribution in [0.3, 0.4) is 0 Å². The summed E-state index contributed by atoms with van der Waals surface area (Å²) in [5.74, 6) is 0.145. The predicted molar refractivity (Wildman–Crippen MR) is 84.3 cm³/mol. The van der Waals surface area contributed by atoms with Crippen molar-refractivity contribution in [2.24, 2.45) is 0 Å². The monoisotopic (exact) mass is 316 g/mol. The molecule has 4 nitrogen and oxygen atoms in total. The molecule has 2 rings (SSSR count). The predicted octanol–water partition coefficient (Wildman–Crippen LogP) is 2.07. The number of nitrogens with one attached hydrogen (secondary N) is 1. The van der Waals surface area contributed by atoms with E-state index in [0.29, 0.717) is 12.6 Å². The van der Waals surface area contributed by atoms with Gasteiger partial charge in [-0.3, -0.25) is 0 Å². The van der Waals surface area contributed by atoms with Gasteiger partial charge in [-0.25, -0.2) is 8.42 Å². The fraction of sp³-hybridized carbons (Fsp3) is 0.571. The number of rotatable bonds is 7. The van der Waals surface area contributed by atoms with Crippen LogP contribution in [0, 0.1) is 0 Å². The zero-order chi connectivity index (χ0) is 14.8. The third-order valence-electron chi connectivity index (χ3n) is 3.43. The molecule has 20 heavy (non-hydrogen) atoms. The van der Waals surface area contributed by atoms with Gasteiger partial charge in [0.2, 0.25) is 0 Å². The summed E-state index contributed by atoms with van der Waals surface area (Å²) >= 11 is 6.28. The SMILES string of the molecule is CN(CCS(C)(=O)=O)c1ccc(CNC2CC2)c(Cl)c1. The Morgan fingerprint density at radius 1 is 1.40 bits per heavy atom. The largest absolute Gasteiger partial charge is 0.374 e. The van der Waals surface area contributed by atoms with E-state index in [-0.39, 0.29) is 5.75 Å². The Kier molecular flexibility index (Phi) is 4.94. The first-order valence-electron chi connectivity index (χ1n) is 6.76. The second-order valence-corrected chi connectivity index (χ2v) is 8.15. The fourth-order valence-electron chi connectivity index (χ4n) is 1.89. The van der Waals surface area contributed by atoms with Gasteiger partial charge in [-0.2, -0.15) is 0 Å². The van der Waals surface area contributed by atoms with Gasteiger partial charge in [0.1, 0.15) is 9.84 Å². The molecular formula is C14H21ClN2O2S. The summed E-state index contributed by atoms with van der Waals surface area (Å²) in [6, 6.07) is 6.54. The summed E-state index contributed by atoms with van der Waals surface area (Å²) in [5.41, 5.74) is 2.02. The molecule has 0 saturated heterocycles. The highest BCUT2D eigenvalue weighted by atomic mass is 35.5. The van der Waals surface area contributed by atoms with Crippen LogP contribution in [0.15, 0.2) is 18.2 Å². The summed E-state index contributed by atoms with van der Waals surface area (Å²) < 4.78 is 22.4. The van der Waals surface area contributed by atoms with Gasteiger partial charge in [0.25, 0.3) is 0 Å². The maximum absolute atomic E-state index is 11.2. The summed E-state index contributed by atoms with van der Waals surface area (Å²) in [6.07, 6.45) is 3.76. The van der Waals surface area contributed by atoms with E-state index in [1.165, 1.54) is 19.1 Å². The van der Waals surface area contributed by atoms with E-state index in [1.54, 1.807) is 0 Å². The van der Waals surface area contributed by atoms with Crippen molar-refractivity contribution in [3.63, 3.8) is 0 Å². The molecule has 0 heterocycles. The second-order valence-electron chi connectivity index (χ2n) is 5.48. The van der Waals surface area contributed by atoms with Crippen molar-refractivity contribution in [2.45, 2.75) is 25.4 Å². The summed E-state index contributed by atoms with van der Waals surface area (Å²) in [6.45, 7) is 1.26. The number of nitrogens with zero attached hydrogens (tertiary/aromatic N) is 1. The first-order valence-corrected chi connectivity index (χ1v) is 9.20. The van der Waals surface area contributed by atoms with E-state index >= 15 is 0 Å². The van der Waals surface area contributed by atoms with Crippen LogP contribution in [0.2, 0.25) is 5.02 Å². The lowest BCUT2D eigenvalue weighted by atomic mass is 10.2. The molecule has 0 radical (unpaired) electrons. The molecule has 0 aliphatic heterocycles. The molecule has 0 unspecified atom stereocenters. The highest BCUT2D eigenvalue weighted by Gasteiger charge is 2.20. The van der Waals surface area contributed by atoms with E-state index in [0.717, 1.165) is 22.8 Å². The Balaban J connectivity index is 1.95. The van der Waals surface area contributed by atoms with Crippen LogP contribution in [0.5, 0.6) is 0 Å². The average Bonchev–Trinajstić information content (AvgIpc) is 3.17. The lowest BCUT2D eigenvalue weighted by Crippen LogP contribution is -2.25. The molecule has 0 bridgehead atoms. The molecule has 0 aromatic heterocycles. The highest BCUT2D eigenvalue weighted by Crippen LogP contribution is 2.25. The van der Waals surface area contributed by atoms with Crippen LogP contribution in [-0.4, -0.2) is 40.1 Å². The Bertz CT molecular complexity index is 571. The lowest BCUT2D eigenvalue weighted by Gasteiger charge is -2.20. The van der Waals surface area contributed by atoms with Gasteiger partial charge in [0.15, 0.2) is 0 Å². The van der Waals surface area contributed by atoms with Crippen LogP contribution in [0.4, 0.5) is 5.69 Å². The van der Waals surface area contributed by atoms with E-state index in [9.17, 15) is 8.42 Å². The van der Waals surface area contributed by atoms with E-state index in [4.69, 9.17) is 11.6 Å². The molecule has 0 spiro atoms. The summed E-state index contributed by atoms with van der Waals surface area (Å²) in [4.78, 5) is 1.91. The van der Waals surface area contributed by atoms with Crippen molar-refractivity contribution in [1.82, 2.24) is 5.32 Å². The van der Waals surface area contributed by atoms with Gasteiger partial charge in [0.05, 0.1) is 5.75 Å². The Labute approximate surface area is 126 Å². The van der Waals surface area contributed by atoms with Crippen molar-refractivity contribution < 1.29 is 8.42 Å². The smallest absolute Gasteiger partial charge is 0.149 e. The molecular weight excluding hydrogens is 296 g/mol. The van der Waals surface area contributed by atoms with Gasteiger partial charge in [-0.15, -0.1) is 0 Å². The van der Waals surface area contributed by atoms with Crippen molar-refractivity contribution in [1.29, 1.82) is 0 Å². The van der Waals surface area contributed by atoms with Crippen LogP contribution in [-0.2, 0) is 16.4 Å². The van der Waals surface area contributed by atoms with Crippen molar-refractivity contribution in [2.75, 3.05) is 30.5 Å². The molecule has 1 saturated carbocycles. The molecule has 1 aliphatic rings. The maximum Gasteiger partial charge on any atom is 0.149 e. The number of halogens is 1. The van der Waals surface area contributed by atoms with Crippen molar-refractivity contribution >= 4 is 27.1 Å². The Hall–Kier alpha value is -0.780. The third-order valence-corrected chi connectivity index (χ3v) is 4.71. The molecule has 1 fully saturated rings. The molecule has 1 N–H and O–H groups in total. The van der Waals surface area contributed by atoms with Crippen LogP contribution >= 0.6 is 11.6 Å². The minimum Gasteiger partial charge on any atom is -0.374 e. The number of hydrogen-bond acceptors (Lipinski definition) is 4. The Morgan fingerprint density at radius 3 is 2.65 bits per heavy atom. The number of hydrogen-bond donors (Lipinski definition) is 1. The van der Waals surface area contributed by atoms with Crippen LogP contribution in [0.25, 0.3) is 0 Å². The van der Waals surface area contributed by atoms with Crippen LogP contribution in [0.1, 0.15) is 18.4 Å². The quantitative estimate of drug-likeness (QED) is 0.836. The normalized spacial score (nSPS) is 15.3. The fourth-order valence-corrected chi connectivity index (χ4v) is 2.74. The van der Waals surface area contributed by atoms with E-state index < -0.39 is 9.84 Å². The zero-order valence-electron chi connectivity index (χ0n) is 11.9. The highest BCUT2D eigenvalue weighted by molar-refractivity contribution is 7.90. The molecule has 0 amide bonds. The number of anilines is 1. The minimum atomic E-state index is -2.94. The van der Waals surface area contributed by atoms with Gasteiger partial charge < -0.3 is 10.2 Å². The topological polar surface area (TPSA) is 49.4 Å². The molecule has 1 aromatic carbocycles. The number of benzene rings is 1. The average molecular weight is 317 g/mol. The van der Waals surface area contributed by atoms with Gasteiger partial charge >= 0.3 is 0 Å². The second kappa shape index (κ2) is 6.33. The minimum absolute atomic E-state index is 0.145. The maximum atomic E-state index is 11.2. The van der Waals surface area contributed by atoms with Gasteiger partial charge in [0, 0.05) is 43.1 Å². The first-order chi connectivity index (χ1) is 9.35. The van der Waals surface area contributed by atoms with Gasteiger partial charge in [-0.05, 0) is 30.5 Å². The molecule has 112 valence electrons. The van der Waals surface area contributed by atoms with E-state index in [1.807, 2.05) is 30.1 Å². The third kappa shape index (κ3) is 4.96. The van der Waals surface area contributed by atoms with Crippen molar-refractivity contribution in [3.05, 3.63) is 28.8 Å². The summed E-state index contributed by atoms with van der Waals surface area (Å²) in [7, 11) is -1.07. The molecule has 6 heteroatoms. The van der Waals surface area contributed by atoms with E-state index in [2.05, 4.69) is 5.32 Å². The molecule has 1 aromatic rings.